The highest BCUT2D eigenvalue weighted by atomic mass is 32.1. The summed E-state index contributed by atoms with van der Waals surface area (Å²) in [5.74, 6) is 0.458. The van der Waals surface area contributed by atoms with Crippen molar-refractivity contribution >= 4 is 23.2 Å². The van der Waals surface area contributed by atoms with Crippen molar-refractivity contribution < 1.29 is 9.59 Å². The van der Waals surface area contributed by atoms with Crippen LogP contribution in [0.1, 0.15) is 36.3 Å². The Balaban J connectivity index is 1.38. The van der Waals surface area contributed by atoms with Gasteiger partial charge in [0.15, 0.2) is 0 Å². The van der Waals surface area contributed by atoms with Gasteiger partial charge in [-0.05, 0) is 30.7 Å². The molecule has 2 amide bonds. The zero-order chi connectivity index (χ0) is 18.7. The molecule has 2 aliphatic heterocycles. The number of hydrogen-bond acceptors (Lipinski definition) is 4. The predicted octanol–water partition coefficient (Wildman–Crippen LogP) is 2.49. The number of thiophene rings is 1. The molecule has 1 spiro atoms. The van der Waals surface area contributed by atoms with Gasteiger partial charge in [-0.1, -0.05) is 6.07 Å². The van der Waals surface area contributed by atoms with Crippen LogP contribution in [0.5, 0.6) is 0 Å². The van der Waals surface area contributed by atoms with E-state index in [1.807, 2.05) is 33.5 Å². The standard InChI is InChI=1S/C20H26N4O2S/c25-18-4-7-20(14-24(18)9-5-16-12-21-15-22-16)6-2-8-23(13-20)19(26)11-17-3-1-10-27-17/h1,3,10,12,15H,2,4-9,11,13-14H2,(H,21,22)/t20-/m1/s1. The van der Waals surface area contributed by atoms with Gasteiger partial charge in [0.2, 0.25) is 11.8 Å². The summed E-state index contributed by atoms with van der Waals surface area (Å²) in [6, 6.07) is 4.02. The van der Waals surface area contributed by atoms with E-state index in [2.05, 4.69) is 9.97 Å². The Kier molecular flexibility index (Phi) is 5.29. The van der Waals surface area contributed by atoms with Gasteiger partial charge in [0.25, 0.3) is 0 Å². The molecule has 7 heteroatoms. The lowest BCUT2D eigenvalue weighted by Crippen LogP contribution is -2.55. The minimum Gasteiger partial charge on any atom is -0.348 e. The van der Waals surface area contributed by atoms with E-state index in [-0.39, 0.29) is 17.2 Å². The maximum absolute atomic E-state index is 12.8. The molecule has 0 aliphatic carbocycles. The van der Waals surface area contributed by atoms with Gasteiger partial charge in [0, 0.05) is 61.2 Å². The summed E-state index contributed by atoms with van der Waals surface area (Å²) in [7, 11) is 0. The van der Waals surface area contributed by atoms with Gasteiger partial charge in [-0.15, -0.1) is 11.3 Å². The van der Waals surface area contributed by atoms with Crippen molar-refractivity contribution in [2.45, 2.75) is 38.5 Å². The average Bonchev–Trinajstić information content (AvgIpc) is 3.37. The fraction of sp³-hybridized carbons (Fsp3) is 0.550. The SMILES string of the molecule is O=C1CC[C@@]2(CCCN(C(=O)Cc3cccs3)C2)CN1CCc1cnc[nH]1. The molecule has 0 radical (unpaired) electrons. The van der Waals surface area contributed by atoms with E-state index in [4.69, 9.17) is 0 Å². The summed E-state index contributed by atoms with van der Waals surface area (Å²) in [5.41, 5.74) is 1.12. The minimum absolute atomic E-state index is 0.0608. The van der Waals surface area contributed by atoms with E-state index in [1.165, 1.54) is 0 Å². The monoisotopic (exact) mass is 386 g/mol. The van der Waals surface area contributed by atoms with Crippen molar-refractivity contribution in [3.63, 3.8) is 0 Å². The normalized spacial score (nSPS) is 23.2. The molecule has 1 atom stereocenters. The lowest BCUT2D eigenvalue weighted by molar-refractivity contribution is -0.142. The first kappa shape index (κ1) is 18.2. The second-order valence-electron chi connectivity index (χ2n) is 7.82. The summed E-state index contributed by atoms with van der Waals surface area (Å²) in [6.45, 7) is 3.10. The Labute approximate surface area is 163 Å². The molecule has 0 saturated carbocycles. The number of piperidine rings is 2. The van der Waals surface area contributed by atoms with Crippen molar-refractivity contribution in [3.8, 4) is 0 Å². The van der Waals surface area contributed by atoms with Crippen molar-refractivity contribution in [2.75, 3.05) is 26.2 Å². The number of carbonyl (C=O) groups excluding carboxylic acids is 2. The van der Waals surface area contributed by atoms with Crippen LogP contribution in [0.4, 0.5) is 0 Å². The number of hydrogen-bond donors (Lipinski definition) is 1. The molecule has 4 heterocycles. The maximum atomic E-state index is 12.8. The van der Waals surface area contributed by atoms with Crippen LogP contribution in [0.2, 0.25) is 0 Å². The third-order valence-corrected chi connectivity index (χ3v) is 6.75. The molecule has 4 rings (SSSR count). The van der Waals surface area contributed by atoms with Crippen LogP contribution >= 0.6 is 11.3 Å². The first-order chi connectivity index (χ1) is 13.1. The zero-order valence-corrected chi connectivity index (χ0v) is 16.3. The highest BCUT2D eigenvalue weighted by Gasteiger charge is 2.42. The highest BCUT2D eigenvalue weighted by molar-refractivity contribution is 7.10. The topological polar surface area (TPSA) is 69.3 Å². The largest absolute Gasteiger partial charge is 0.348 e. The quantitative estimate of drug-likeness (QED) is 0.858. The first-order valence-corrected chi connectivity index (χ1v) is 10.6. The van der Waals surface area contributed by atoms with E-state index < -0.39 is 0 Å². The van der Waals surface area contributed by atoms with Gasteiger partial charge < -0.3 is 14.8 Å². The van der Waals surface area contributed by atoms with Crippen LogP contribution in [0.3, 0.4) is 0 Å². The highest BCUT2D eigenvalue weighted by Crippen LogP contribution is 2.39. The molecule has 2 aromatic heterocycles. The molecule has 0 aromatic carbocycles. The van der Waals surface area contributed by atoms with E-state index in [0.717, 1.165) is 55.9 Å². The number of nitrogens with zero attached hydrogens (tertiary/aromatic N) is 3. The molecule has 6 nitrogen and oxygen atoms in total. The van der Waals surface area contributed by atoms with Crippen LogP contribution in [0.25, 0.3) is 0 Å². The minimum atomic E-state index is 0.0608. The van der Waals surface area contributed by atoms with E-state index in [0.29, 0.717) is 19.4 Å². The molecule has 144 valence electrons. The van der Waals surface area contributed by atoms with Crippen LogP contribution in [0.15, 0.2) is 30.0 Å². The Hall–Kier alpha value is -2.15. The van der Waals surface area contributed by atoms with Crippen LogP contribution in [0, 0.1) is 5.41 Å². The number of nitrogens with one attached hydrogen (secondary N) is 1. The Morgan fingerprint density at radius 3 is 3.04 bits per heavy atom. The molecule has 0 unspecified atom stereocenters. The van der Waals surface area contributed by atoms with Crippen LogP contribution in [-0.4, -0.2) is 57.8 Å². The summed E-state index contributed by atoms with van der Waals surface area (Å²) in [4.78, 5) is 37.5. The third kappa shape index (κ3) is 4.24. The molecule has 2 aliphatic rings. The maximum Gasteiger partial charge on any atom is 0.227 e. The lowest BCUT2D eigenvalue weighted by atomic mass is 9.73. The third-order valence-electron chi connectivity index (χ3n) is 5.87. The Morgan fingerprint density at radius 2 is 2.26 bits per heavy atom. The first-order valence-electron chi connectivity index (χ1n) is 9.69. The number of H-pyrrole nitrogens is 1. The fourth-order valence-electron chi connectivity index (χ4n) is 4.41. The molecule has 2 aromatic rings. The number of rotatable bonds is 5. The Morgan fingerprint density at radius 1 is 1.33 bits per heavy atom. The van der Waals surface area contributed by atoms with Gasteiger partial charge in [0.1, 0.15) is 0 Å². The number of imidazole rings is 1. The second-order valence-corrected chi connectivity index (χ2v) is 8.85. The molecule has 0 bridgehead atoms. The number of amides is 2. The fourth-order valence-corrected chi connectivity index (χ4v) is 5.11. The van der Waals surface area contributed by atoms with Gasteiger partial charge in [-0.2, -0.15) is 0 Å². The molecule has 1 N–H and O–H groups in total. The van der Waals surface area contributed by atoms with Crippen LogP contribution in [-0.2, 0) is 22.4 Å². The van der Waals surface area contributed by atoms with Gasteiger partial charge in [-0.25, -0.2) is 4.98 Å². The number of carbonyl (C=O) groups is 2. The smallest absolute Gasteiger partial charge is 0.227 e. The second kappa shape index (κ2) is 7.84. The van der Waals surface area contributed by atoms with Gasteiger partial charge >= 0.3 is 0 Å². The van der Waals surface area contributed by atoms with Crippen molar-refractivity contribution in [2.24, 2.45) is 5.41 Å². The van der Waals surface area contributed by atoms with Crippen LogP contribution < -0.4 is 0 Å². The zero-order valence-electron chi connectivity index (χ0n) is 15.5. The van der Waals surface area contributed by atoms with Gasteiger partial charge in [0.05, 0.1) is 12.7 Å². The van der Waals surface area contributed by atoms with E-state index >= 15 is 0 Å². The number of likely N-dealkylation sites (tertiary alicyclic amines) is 2. The Bertz CT molecular complexity index is 768. The molecular formula is C20H26N4O2S. The average molecular weight is 387 g/mol. The molecular weight excluding hydrogens is 360 g/mol. The summed E-state index contributed by atoms with van der Waals surface area (Å²) < 4.78 is 0. The summed E-state index contributed by atoms with van der Waals surface area (Å²) >= 11 is 1.64. The summed E-state index contributed by atoms with van der Waals surface area (Å²) in [6.07, 6.45) is 8.40. The van der Waals surface area contributed by atoms with Crippen molar-refractivity contribution in [1.82, 2.24) is 19.8 Å². The number of aromatic nitrogens is 2. The number of aromatic amines is 1. The summed E-state index contributed by atoms with van der Waals surface area (Å²) in [5, 5.41) is 2.02. The molecule has 2 saturated heterocycles. The molecule has 27 heavy (non-hydrogen) atoms. The lowest BCUT2D eigenvalue weighted by Gasteiger charge is -2.48. The van der Waals surface area contributed by atoms with E-state index in [9.17, 15) is 9.59 Å². The predicted molar refractivity (Wildman–Crippen MR) is 104 cm³/mol. The van der Waals surface area contributed by atoms with Gasteiger partial charge in [-0.3, -0.25) is 9.59 Å². The van der Waals surface area contributed by atoms with E-state index in [1.54, 1.807) is 17.7 Å². The van der Waals surface area contributed by atoms with Crippen molar-refractivity contribution in [3.05, 3.63) is 40.6 Å². The van der Waals surface area contributed by atoms with Crippen molar-refractivity contribution in [1.29, 1.82) is 0 Å². The molecule has 2 fully saturated rings.